The van der Waals surface area contributed by atoms with Gasteiger partial charge in [-0.15, -0.1) is 22.7 Å². The van der Waals surface area contributed by atoms with E-state index in [2.05, 4.69) is 51.9 Å². The van der Waals surface area contributed by atoms with Gasteiger partial charge < -0.3 is 10.1 Å². The van der Waals surface area contributed by atoms with E-state index in [1.165, 1.54) is 35.0 Å². The van der Waals surface area contributed by atoms with Crippen molar-refractivity contribution < 1.29 is 14.3 Å². The summed E-state index contributed by atoms with van der Waals surface area (Å²) in [6.07, 6.45) is 1.52. The number of benzene rings is 2. The Morgan fingerprint density at radius 1 is 0.974 bits per heavy atom. The first-order valence-corrected chi connectivity index (χ1v) is 14.8. The second-order valence-corrected chi connectivity index (χ2v) is 11.4. The number of esters is 1. The standard InChI is InChI=1S/C28H22ClN3O3S3/c1-3-35-28(34)24-21(18-8-10-19(29)11-9-18)13-37-27(24)32-22(33)14-38-26-23-20(12-36-25(23)30-15-31-26)17-6-4-16(2)5-7-17/h4-13,15H,3,14H2,1-2H3,(H,32,33). The summed E-state index contributed by atoms with van der Waals surface area (Å²) in [5.74, 6) is -0.616. The molecule has 38 heavy (non-hydrogen) atoms. The van der Waals surface area contributed by atoms with Crippen molar-refractivity contribution in [2.24, 2.45) is 0 Å². The van der Waals surface area contributed by atoms with Crippen molar-refractivity contribution in [1.82, 2.24) is 9.97 Å². The predicted molar refractivity (Wildman–Crippen MR) is 158 cm³/mol. The molecule has 1 amide bonds. The van der Waals surface area contributed by atoms with E-state index in [1.54, 1.807) is 30.4 Å². The van der Waals surface area contributed by atoms with Gasteiger partial charge in [-0.25, -0.2) is 14.8 Å². The van der Waals surface area contributed by atoms with Crippen LogP contribution in [0.25, 0.3) is 32.5 Å². The van der Waals surface area contributed by atoms with Crippen molar-refractivity contribution in [1.29, 1.82) is 0 Å². The molecule has 0 aliphatic rings. The largest absolute Gasteiger partial charge is 0.462 e. The Morgan fingerprint density at radius 2 is 1.66 bits per heavy atom. The number of halogens is 1. The highest BCUT2D eigenvalue weighted by Gasteiger charge is 2.23. The van der Waals surface area contributed by atoms with Crippen LogP contribution in [0.2, 0.25) is 5.02 Å². The summed E-state index contributed by atoms with van der Waals surface area (Å²) in [7, 11) is 0. The van der Waals surface area contributed by atoms with Crippen molar-refractivity contribution in [3.8, 4) is 22.3 Å². The van der Waals surface area contributed by atoms with Crippen LogP contribution in [0.5, 0.6) is 0 Å². The number of thiophene rings is 2. The molecule has 3 aromatic heterocycles. The van der Waals surface area contributed by atoms with Gasteiger partial charge >= 0.3 is 5.97 Å². The molecule has 0 spiro atoms. The van der Waals surface area contributed by atoms with Crippen LogP contribution in [0.3, 0.4) is 0 Å². The smallest absolute Gasteiger partial charge is 0.341 e. The van der Waals surface area contributed by atoms with Gasteiger partial charge in [-0.1, -0.05) is 65.3 Å². The Labute approximate surface area is 237 Å². The number of amides is 1. The second kappa shape index (κ2) is 11.7. The highest BCUT2D eigenvalue weighted by atomic mass is 35.5. The van der Waals surface area contributed by atoms with Crippen LogP contribution < -0.4 is 5.32 Å². The lowest BCUT2D eigenvalue weighted by molar-refractivity contribution is -0.113. The molecule has 10 heteroatoms. The van der Waals surface area contributed by atoms with Crippen molar-refractivity contribution in [3.63, 3.8) is 0 Å². The van der Waals surface area contributed by atoms with Crippen molar-refractivity contribution in [2.45, 2.75) is 18.9 Å². The maximum absolute atomic E-state index is 13.0. The Kier molecular flexibility index (Phi) is 8.09. The van der Waals surface area contributed by atoms with Gasteiger partial charge in [0.25, 0.3) is 0 Å². The molecule has 0 bridgehead atoms. The zero-order chi connectivity index (χ0) is 26.6. The number of ether oxygens (including phenoxy) is 1. The molecule has 0 saturated carbocycles. The number of hydrogen-bond acceptors (Lipinski definition) is 8. The van der Waals surface area contributed by atoms with E-state index in [-0.39, 0.29) is 18.3 Å². The molecule has 2 aromatic carbocycles. The summed E-state index contributed by atoms with van der Waals surface area (Å²) in [6, 6.07) is 15.5. The van der Waals surface area contributed by atoms with Gasteiger partial charge in [0, 0.05) is 26.9 Å². The second-order valence-electron chi connectivity index (χ2n) is 8.29. The molecule has 6 nitrogen and oxygen atoms in total. The quantitative estimate of drug-likeness (QED) is 0.114. The first-order chi connectivity index (χ1) is 18.4. The highest BCUT2D eigenvalue weighted by Crippen LogP contribution is 2.39. The SMILES string of the molecule is CCOC(=O)c1c(-c2ccc(Cl)cc2)csc1NC(=O)CSc1ncnc2scc(-c3ccc(C)cc3)c12. The number of carbonyl (C=O) groups excluding carboxylic acids is 2. The van der Waals surface area contributed by atoms with Crippen molar-refractivity contribution in [2.75, 3.05) is 17.7 Å². The molecule has 0 atom stereocenters. The minimum Gasteiger partial charge on any atom is -0.462 e. The van der Waals surface area contributed by atoms with E-state index in [0.29, 0.717) is 21.2 Å². The summed E-state index contributed by atoms with van der Waals surface area (Å²) >= 11 is 10.2. The van der Waals surface area contributed by atoms with Crippen LogP contribution in [-0.4, -0.2) is 34.2 Å². The fourth-order valence-corrected chi connectivity index (χ4v) is 6.79. The lowest BCUT2D eigenvalue weighted by atomic mass is 10.0. The molecule has 5 aromatic rings. The van der Waals surface area contributed by atoms with E-state index in [4.69, 9.17) is 16.3 Å². The van der Waals surface area contributed by atoms with Gasteiger partial charge in [0.2, 0.25) is 5.91 Å². The number of thioether (sulfide) groups is 1. The van der Waals surface area contributed by atoms with Crippen LogP contribution in [0.4, 0.5) is 5.00 Å². The third-order valence-electron chi connectivity index (χ3n) is 5.72. The van der Waals surface area contributed by atoms with E-state index in [9.17, 15) is 9.59 Å². The number of aryl methyl sites for hydroxylation is 1. The van der Waals surface area contributed by atoms with E-state index in [1.807, 2.05) is 17.5 Å². The zero-order valence-electron chi connectivity index (χ0n) is 20.5. The average Bonchev–Trinajstić information content (AvgIpc) is 3.53. The first-order valence-electron chi connectivity index (χ1n) is 11.7. The van der Waals surface area contributed by atoms with Crippen LogP contribution in [0, 0.1) is 6.92 Å². The minimum atomic E-state index is -0.486. The Hall–Kier alpha value is -3.24. The third-order valence-corrected chi connectivity index (χ3v) is 8.74. The molecule has 5 rings (SSSR count). The fourth-order valence-electron chi connectivity index (χ4n) is 3.90. The monoisotopic (exact) mass is 579 g/mol. The van der Waals surface area contributed by atoms with Crippen LogP contribution in [-0.2, 0) is 9.53 Å². The molecular formula is C28H22ClN3O3S3. The summed E-state index contributed by atoms with van der Waals surface area (Å²) in [4.78, 5) is 35.7. The van der Waals surface area contributed by atoms with Crippen molar-refractivity contribution >= 4 is 73.1 Å². The lowest BCUT2D eigenvalue weighted by Crippen LogP contribution is -2.16. The molecule has 1 N–H and O–H groups in total. The van der Waals surface area contributed by atoms with Gasteiger partial charge in [0.15, 0.2) is 0 Å². The summed E-state index contributed by atoms with van der Waals surface area (Å²) in [5.41, 5.74) is 5.14. The number of fused-ring (bicyclic) bond motifs is 1. The molecule has 0 saturated heterocycles. The van der Waals surface area contributed by atoms with Gasteiger partial charge in [-0.2, -0.15) is 0 Å². The molecular weight excluding hydrogens is 558 g/mol. The van der Waals surface area contributed by atoms with Crippen molar-refractivity contribution in [3.05, 3.63) is 81.8 Å². The average molecular weight is 580 g/mol. The molecule has 192 valence electrons. The van der Waals surface area contributed by atoms with E-state index < -0.39 is 5.97 Å². The number of nitrogens with zero attached hydrogens (tertiary/aromatic N) is 2. The third kappa shape index (κ3) is 5.61. The number of aromatic nitrogens is 2. The summed E-state index contributed by atoms with van der Waals surface area (Å²) < 4.78 is 5.29. The first kappa shape index (κ1) is 26.4. The zero-order valence-corrected chi connectivity index (χ0v) is 23.7. The molecule has 0 radical (unpaired) electrons. The Morgan fingerprint density at radius 3 is 2.39 bits per heavy atom. The molecule has 0 unspecified atom stereocenters. The van der Waals surface area contributed by atoms with Crippen LogP contribution in [0.15, 0.2) is 70.6 Å². The summed E-state index contributed by atoms with van der Waals surface area (Å²) in [5, 5.41) is 9.54. The minimum absolute atomic E-state index is 0.117. The number of anilines is 1. The summed E-state index contributed by atoms with van der Waals surface area (Å²) in [6.45, 7) is 4.03. The molecule has 0 fully saturated rings. The highest BCUT2D eigenvalue weighted by molar-refractivity contribution is 8.00. The number of nitrogens with one attached hydrogen (secondary N) is 1. The van der Waals surface area contributed by atoms with E-state index >= 15 is 0 Å². The van der Waals surface area contributed by atoms with Gasteiger partial charge in [0.05, 0.1) is 17.7 Å². The Bertz CT molecular complexity index is 1610. The maximum Gasteiger partial charge on any atom is 0.341 e. The van der Waals surface area contributed by atoms with Gasteiger partial charge in [-0.3, -0.25) is 4.79 Å². The number of rotatable bonds is 8. The van der Waals surface area contributed by atoms with Crippen LogP contribution in [0.1, 0.15) is 22.8 Å². The molecule has 0 aliphatic carbocycles. The number of carbonyl (C=O) groups is 2. The lowest BCUT2D eigenvalue weighted by Gasteiger charge is -2.09. The van der Waals surface area contributed by atoms with E-state index in [0.717, 1.165) is 31.9 Å². The topological polar surface area (TPSA) is 81.2 Å². The fraction of sp³-hybridized carbons (Fsp3) is 0.143. The number of hydrogen-bond donors (Lipinski definition) is 1. The molecule has 3 heterocycles. The van der Waals surface area contributed by atoms with Gasteiger partial charge in [-0.05, 0) is 37.1 Å². The Balaban J connectivity index is 1.38. The van der Waals surface area contributed by atoms with Gasteiger partial charge in [0.1, 0.15) is 26.7 Å². The molecule has 0 aliphatic heterocycles. The normalized spacial score (nSPS) is 11.0. The van der Waals surface area contributed by atoms with Crippen LogP contribution >= 0.6 is 46.0 Å². The maximum atomic E-state index is 13.0. The predicted octanol–water partition coefficient (Wildman–Crippen LogP) is 7.96.